The SMILES string of the molecule is CC(C)(C)c1cc(-c2cn3cccnc3n2)cc(C(C)(C)C)c1O. The zero-order valence-corrected chi connectivity index (χ0v) is 15.3. The Kier molecular flexibility index (Phi) is 3.67. The van der Waals surface area contributed by atoms with Gasteiger partial charge in [-0.05, 0) is 29.0 Å². The van der Waals surface area contributed by atoms with E-state index in [0.29, 0.717) is 11.5 Å². The summed E-state index contributed by atoms with van der Waals surface area (Å²) in [6.45, 7) is 12.7. The average Bonchev–Trinajstić information content (AvgIpc) is 2.88. The fraction of sp³-hybridized carbons (Fsp3) is 0.400. The van der Waals surface area contributed by atoms with Gasteiger partial charge in [0.15, 0.2) is 0 Å². The van der Waals surface area contributed by atoms with E-state index in [1.807, 2.05) is 35.0 Å². The number of aromatic nitrogens is 3. The van der Waals surface area contributed by atoms with Crippen molar-refractivity contribution in [3.63, 3.8) is 0 Å². The van der Waals surface area contributed by atoms with Crippen LogP contribution < -0.4 is 0 Å². The highest BCUT2D eigenvalue weighted by molar-refractivity contribution is 5.67. The van der Waals surface area contributed by atoms with Gasteiger partial charge in [0, 0.05) is 35.3 Å². The van der Waals surface area contributed by atoms with Crippen LogP contribution in [0.3, 0.4) is 0 Å². The van der Waals surface area contributed by atoms with E-state index in [4.69, 9.17) is 0 Å². The third kappa shape index (κ3) is 2.88. The van der Waals surface area contributed by atoms with E-state index >= 15 is 0 Å². The van der Waals surface area contributed by atoms with Gasteiger partial charge in [0.1, 0.15) is 5.75 Å². The minimum atomic E-state index is -0.155. The highest BCUT2D eigenvalue weighted by Gasteiger charge is 2.27. The highest BCUT2D eigenvalue weighted by atomic mass is 16.3. The number of hydrogen-bond donors (Lipinski definition) is 1. The lowest BCUT2D eigenvalue weighted by Crippen LogP contribution is -2.17. The zero-order valence-electron chi connectivity index (χ0n) is 15.3. The number of phenols is 1. The Morgan fingerprint density at radius 3 is 2.04 bits per heavy atom. The van der Waals surface area contributed by atoms with Gasteiger partial charge in [-0.2, -0.15) is 0 Å². The molecule has 0 bridgehead atoms. The molecular weight excluding hydrogens is 298 g/mol. The molecule has 0 saturated carbocycles. The lowest BCUT2D eigenvalue weighted by atomic mass is 9.78. The number of hydrogen-bond acceptors (Lipinski definition) is 3. The molecule has 0 amide bonds. The number of benzene rings is 1. The van der Waals surface area contributed by atoms with Crippen LogP contribution in [0.5, 0.6) is 5.75 Å². The Morgan fingerprint density at radius 1 is 0.958 bits per heavy atom. The number of imidazole rings is 1. The van der Waals surface area contributed by atoms with Gasteiger partial charge < -0.3 is 5.11 Å². The van der Waals surface area contributed by atoms with E-state index in [2.05, 4.69) is 51.5 Å². The summed E-state index contributed by atoms with van der Waals surface area (Å²) in [5, 5.41) is 10.8. The molecule has 0 saturated heterocycles. The van der Waals surface area contributed by atoms with E-state index in [1.165, 1.54) is 0 Å². The van der Waals surface area contributed by atoms with E-state index in [9.17, 15) is 5.11 Å². The molecule has 3 rings (SSSR count). The summed E-state index contributed by atoms with van der Waals surface area (Å²) in [4.78, 5) is 8.92. The van der Waals surface area contributed by atoms with E-state index in [0.717, 1.165) is 22.4 Å². The van der Waals surface area contributed by atoms with Gasteiger partial charge in [0.05, 0.1) is 5.69 Å². The van der Waals surface area contributed by atoms with Gasteiger partial charge in [-0.25, -0.2) is 9.97 Å². The summed E-state index contributed by atoms with van der Waals surface area (Å²) >= 11 is 0. The Morgan fingerprint density at radius 2 is 1.54 bits per heavy atom. The second-order valence-corrected chi connectivity index (χ2v) is 8.37. The van der Waals surface area contributed by atoms with Crippen molar-refractivity contribution in [3.05, 3.63) is 47.9 Å². The molecule has 2 heterocycles. The van der Waals surface area contributed by atoms with Crippen molar-refractivity contribution in [2.75, 3.05) is 0 Å². The third-order valence-electron chi connectivity index (χ3n) is 4.26. The minimum absolute atomic E-state index is 0.155. The first-order valence-electron chi connectivity index (χ1n) is 8.25. The standard InChI is InChI=1S/C20H25N3O/c1-19(2,3)14-10-13(11-15(17(14)24)20(4,5)6)16-12-23-9-7-8-21-18(23)22-16/h7-12,24H,1-6H3. The summed E-state index contributed by atoms with van der Waals surface area (Å²) in [5.41, 5.74) is 3.44. The smallest absolute Gasteiger partial charge is 0.234 e. The second-order valence-electron chi connectivity index (χ2n) is 8.37. The summed E-state index contributed by atoms with van der Waals surface area (Å²) < 4.78 is 1.91. The Bertz CT molecular complexity index is 827. The van der Waals surface area contributed by atoms with Crippen LogP contribution in [0.2, 0.25) is 0 Å². The van der Waals surface area contributed by atoms with Gasteiger partial charge in [-0.3, -0.25) is 4.40 Å². The topological polar surface area (TPSA) is 50.4 Å². The number of aromatic hydroxyl groups is 1. The maximum Gasteiger partial charge on any atom is 0.234 e. The first-order valence-corrected chi connectivity index (χ1v) is 8.25. The lowest BCUT2D eigenvalue weighted by Gasteiger charge is -2.28. The van der Waals surface area contributed by atoms with Gasteiger partial charge in [0.25, 0.3) is 0 Å². The van der Waals surface area contributed by atoms with Gasteiger partial charge >= 0.3 is 0 Å². The van der Waals surface area contributed by atoms with Gasteiger partial charge in [-0.1, -0.05) is 41.5 Å². The van der Waals surface area contributed by atoms with Crippen molar-refractivity contribution in [1.82, 2.24) is 14.4 Å². The molecule has 0 radical (unpaired) electrons. The molecule has 24 heavy (non-hydrogen) atoms. The number of phenolic OH excluding ortho intramolecular Hbond substituents is 1. The Labute approximate surface area is 143 Å². The number of fused-ring (bicyclic) bond motifs is 1. The monoisotopic (exact) mass is 323 g/mol. The quantitative estimate of drug-likeness (QED) is 0.706. The number of nitrogens with zero attached hydrogens (tertiary/aromatic N) is 3. The molecule has 4 nitrogen and oxygen atoms in total. The van der Waals surface area contributed by atoms with Crippen LogP contribution in [0.15, 0.2) is 36.8 Å². The third-order valence-corrected chi connectivity index (χ3v) is 4.26. The lowest BCUT2D eigenvalue weighted by molar-refractivity contribution is 0.423. The predicted octanol–water partition coefficient (Wildman–Crippen LogP) is 4.70. The Balaban J connectivity index is 2.28. The van der Waals surface area contributed by atoms with Crippen LogP contribution in [0.4, 0.5) is 0 Å². The van der Waals surface area contributed by atoms with Crippen molar-refractivity contribution in [3.8, 4) is 17.0 Å². The summed E-state index contributed by atoms with van der Waals surface area (Å²) in [5.74, 6) is 1.07. The molecule has 0 aliphatic carbocycles. The molecule has 126 valence electrons. The normalized spacial score (nSPS) is 12.8. The van der Waals surface area contributed by atoms with E-state index < -0.39 is 0 Å². The summed E-state index contributed by atoms with van der Waals surface area (Å²) in [6.07, 6.45) is 5.66. The van der Waals surface area contributed by atoms with E-state index in [-0.39, 0.29) is 10.8 Å². The molecule has 4 heteroatoms. The van der Waals surface area contributed by atoms with Crippen LogP contribution >= 0.6 is 0 Å². The molecule has 0 atom stereocenters. The van der Waals surface area contributed by atoms with Gasteiger partial charge in [-0.15, -0.1) is 0 Å². The molecule has 1 aromatic carbocycles. The molecule has 1 N–H and O–H groups in total. The summed E-state index contributed by atoms with van der Waals surface area (Å²) in [7, 11) is 0. The summed E-state index contributed by atoms with van der Waals surface area (Å²) in [6, 6.07) is 5.98. The highest BCUT2D eigenvalue weighted by Crippen LogP contribution is 2.41. The molecule has 0 unspecified atom stereocenters. The van der Waals surface area contributed by atoms with Crippen LogP contribution in [0.25, 0.3) is 17.0 Å². The van der Waals surface area contributed by atoms with Crippen molar-refractivity contribution < 1.29 is 5.11 Å². The average molecular weight is 323 g/mol. The molecule has 3 aromatic rings. The first kappa shape index (κ1) is 16.5. The van der Waals surface area contributed by atoms with Crippen molar-refractivity contribution in [2.24, 2.45) is 0 Å². The van der Waals surface area contributed by atoms with E-state index in [1.54, 1.807) is 6.20 Å². The molecular formula is C20H25N3O. The fourth-order valence-corrected chi connectivity index (χ4v) is 2.89. The van der Waals surface area contributed by atoms with Gasteiger partial charge in [0.2, 0.25) is 5.78 Å². The predicted molar refractivity (Wildman–Crippen MR) is 97.5 cm³/mol. The Hall–Kier alpha value is -2.36. The van der Waals surface area contributed by atoms with Crippen LogP contribution in [0, 0.1) is 0 Å². The van der Waals surface area contributed by atoms with Crippen LogP contribution in [-0.2, 0) is 10.8 Å². The van der Waals surface area contributed by atoms with Crippen LogP contribution in [0.1, 0.15) is 52.7 Å². The molecule has 0 spiro atoms. The molecule has 0 fully saturated rings. The molecule has 2 aromatic heterocycles. The van der Waals surface area contributed by atoms with Crippen molar-refractivity contribution >= 4 is 5.78 Å². The van der Waals surface area contributed by atoms with Crippen LogP contribution in [-0.4, -0.2) is 19.5 Å². The maximum atomic E-state index is 10.8. The first-order chi connectivity index (χ1) is 11.1. The van der Waals surface area contributed by atoms with Crippen molar-refractivity contribution in [1.29, 1.82) is 0 Å². The zero-order chi connectivity index (χ0) is 17.7. The molecule has 0 aliphatic rings. The number of rotatable bonds is 1. The fourth-order valence-electron chi connectivity index (χ4n) is 2.89. The molecule has 0 aliphatic heterocycles. The minimum Gasteiger partial charge on any atom is -0.507 e. The second kappa shape index (κ2) is 5.33. The maximum absolute atomic E-state index is 10.8. The van der Waals surface area contributed by atoms with Crippen molar-refractivity contribution in [2.45, 2.75) is 52.4 Å². The largest absolute Gasteiger partial charge is 0.507 e.